The van der Waals surface area contributed by atoms with Crippen molar-refractivity contribution < 1.29 is 118 Å². The van der Waals surface area contributed by atoms with Crippen molar-refractivity contribution in [1.82, 2.24) is 73.2 Å². The first-order chi connectivity index (χ1) is 57.7. The van der Waals surface area contributed by atoms with Crippen molar-refractivity contribution in [3.63, 3.8) is 0 Å². The maximum atomic E-state index is 14.9. The molecule has 1 aromatic carbocycles. The minimum Gasteiger partial charge on any atom is -0.508 e. The van der Waals surface area contributed by atoms with E-state index in [1.807, 2.05) is 0 Å². The van der Waals surface area contributed by atoms with E-state index < -0.39 is 255 Å². The minimum atomic E-state index is -2.26. The fraction of sp³-hybridized carbons (Fsp3) is 0.738. The quantitative estimate of drug-likeness (QED) is 0.0222. The maximum absolute atomic E-state index is 14.9. The highest BCUT2D eigenvalue weighted by Crippen LogP contribution is 2.26. The third-order valence-corrected chi connectivity index (χ3v) is 21.5. The second kappa shape index (κ2) is 53.6. The first kappa shape index (κ1) is 105. The number of hydrogen-bond donors (Lipinski definition) is 23. The van der Waals surface area contributed by atoms with Crippen LogP contribution in [0, 0.1) is 5.92 Å². The topological polar surface area (TPSA) is 673 Å². The number of phenolic OH excluding ortho intramolecular Hbond substituents is 1. The van der Waals surface area contributed by atoms with E-state index in [9.17, 15) is 113 Å². The first-order valence-corrected chi connectivity index (χ1v) is 42.5. The van der Waals surface area contributed by atoms with E-state index in [-0.39, 0.29) is 64.0 Å². The van der Waals surface area contributed by atoms with Crippen LogP contribution < -0.4 is 81.4 Å². The van der Waals surface area contributed by atoms with Gasteiger partial charge in [-0.2, -0.15) is 0 Å². The largest absolute Gasteiger partial charge is 0.508 e. The van der Waals surface area contributed by atoms with Gasteiger partial charge in [-0.3, -0.25) is 72.0 Å². The normalized spacial score (nSPS) is 26.5. The van der Waals surface area contributed by atoms with Crippen LogP contribution in [0.15, 0.2) is 24.3 Å². The highest BCUT2D eigenvalue weighted by atomic mass is 16.5. The molecule has 0 saturated carbocycles. The Morgan fingerprint density at radius 1 is 0.557 bits per heavy atom. The zero-order valence-electron chi connectivity index (χ0n) is 71.4. The van der Waals surface area contributed by atoms with E-state index in [4.69, 9.17) is 27.7 Å². The molecule has 42 nitrogen and oxygen atoms in total. The summed E-state index contributed by atoms with van der Waals surface area (Å²) in [4.78, 5) is 217. The number of amides is 14. The number of nitrogens with two attached hydrogens (primary N) is 4. The molecular weight excluding hydrogens is 1600 g/mol. The van der Waals surface area contributed by atoms with Gasteiger partial charge in [0.05, 0.1) is 68.2 Å². The molecule has 14 amide bonds. The van der Waals surface area contributed by atoms with Gasteiger partial charge in [-0.05, 0) is 110 Å². The average molecular weight is 1730 g/mol. The van der Waals surface area contributed by atoms with Gasteiger partial charge in [0.25, 0.3) is 0 Å². The maximum Gasteiger partial charge on any atom is 0.328 e. The van der Waals surface area contributed by atoms with Crippen LogP contribution in [0.2, 0.25) is 0 Å². The lowest BCUT2D eigenvalue weighted by molar-refractivity contribution is -0.155. The fourth-order valence-electron chi connectivity index (χ4n) is 14.6. The molecule has 0 aliphatic carbocycles. The fourth-order valence-corrected chi connectivity index (χ4v) is 14.6. The van der Waals surface area contributed by atoms with Crippen molar-refractivity contribution in [2.24, 2.45) is 28.9 Å². The molecule has 3 saturated heterocycles. The molecule has 0 bridgehead atoms. The van der Waals surface area contributed by atoms with E-state index in [0.717, 1.165) is 90.4 Å². The number of phenols is 1. The number of benzene rings is 1. The molecule has 3 fully saturated rings. The molecule has 42 heteroatoms. The van der Waals surface area contributed by atoms with E-state index in [1.165, 1.54) is 45.0 Å². The second-order valence-corrected chi connectivity index (χ2v) is 32.2. The second-order valence-electron chi connectivity index (χ2n) is 32.2. The van der Waals surface area contributed by atoms with Gasteiger partial charge in [0.15, 0.2) is 0 Å². The first-order valence-electron chi connectivity index (χ1n) is 42.5. The van der Waals surface area contributed by atoms with E-state index in [1.54, 1.807) is 4.90 Å². The Kier molecular flexibility index (Phi) is 46.1. The molecule has 122 heavy (non-hydrogen) atoms. The Morgan fingerprint density at radius 3 is 1.63 bits per heavy atom. The molecule has 0 radical (unpaired) electrons. The number of fused-ring (bicyclic) bond motifs is 2. The van der Waals surface area contributed by atoms with Crippen LogP contribution in [0.4, 0.5) is 0 Å². The minimum absolute atomic E-state index is 0.00521. The van der Waals surface area contributed by atoms with Gasteiger partial charge in [0.2, 0.25) is 82.7 Å². The number of nitrogens with zero attached hydrogens (tertiary/aromatic N) is 3. The van der Waals surface area contributed by atoms with Crippen molar-refractivity contribution >= 4 is 88.7 Å². The summed E-state index contributed by atoms with van der Waals surface area (Å²) in [7, 11) is 0. The molecule has 0 spiro atoms. The number of nitrogens with one attached hydrogen (secondary N) is 11. The number of unbranched alkanes of at least 4 members (excludes halogenated alkanes) is 10. The standard InChI is InChI=1S/C80H136N18O24/c1-9-10-11-12-13-14-15-16-17-18-19-22-52-39-60(108)90-63(45(5)99)74(115)87-44(4)69(110)89-54(37-49-25-27-50(103)28-26-49)70(111)92-62(43(2)3)78(119)98-42-51(104)38-56(98)72(113)93-65(47(7)101)76(117)94-66(48(8)102)79(120)97-34-29-57(105)68(97)77(118)95-67(58(106)40-59(84)107)73(114)86-41-61(109)91-64(46(6)100)75(116)88-53(80(121)122-52)23-21-33-85-71(112)55(24-20-30-81)96(35-31-82)36-32-83/h25-28,43-48,51-58,62-68,99-106H,9-24,29-42,81-83H2,1-8H3,(H2,84,107)(H,85,112)(H,86,114)(H,87,115)(H,88,116)(H,89,110)(H,90,108)(H,91,109)(H,92,111)(H,93,113)(H,94,117)(H,95,118)/t44-,45-,46-,47-,48-,51-,52-,53+,54+,55+,56+,57+,58-,62+,63+,64+,65+,66+,67+,68+/m1/s1. The van der Waals surface area contributed by atoms with Gasteiger partial charge in [0.1, 0.15) is 78.3 Å². The Morgan fingerprint density at radius 2 is 1.07 bits per heavy atom. The third kappa shape index (κ3) is 34.4. The van der Waals surface area contributed by atoms with Crippen LogP contribution in [-0.4, -0.2) is 324 Å². The van der Waals surface area contributed by atoms with Crippen LogP contribution >= 0.6 is 0 Å². The van der Waals surface area contributed by atoms with Gasteiger partial charge in [-0.25, -0.2) is 4.79 Å². The summed E-state index contributed by atoms with van der Waals surface area (Å²) in [6.07, 6.45) is -6.43. The molecule has 0 unspecified atom stereocenters. The summed E-state index contributed by atoms with van der Waals surface area (Å²) in [5.41, 5.74) is 23.4. The van der Waals surface area contributed by atoms with Crippen molar-refractivity contribution in [2.75, 3.05) is 58.9 Å². The number of aromatic hydroxyl groups is 1. The summed E-state index contributed by atoms with van der Waals surface area (Å²) in [6, 6.07) is -15.6. The molecule has 3 heterocycles. The van der Waals surface area contributed by atoms with Crippen molar-refractivity contribution in [2.45, 2.75) is 312 Å². The molecule has 0 aromatic heterocycles. The molecule has 4 rings (SSSR count). The lowest BCUT2D eigenvalue weighted by atomic mass is 9.99. The Hall–Kier alpha value is -9.37. The summed E-state index contributed by atoms with van der Waals surface area (Å²) >= 11 is 0. The smallest absolute Gasteiger partial charge is 0.328 e. The summed E-state index contributed by atoms with van der Waals surface area (Å²) in [5, 5.41) is 115. The molecule has 27 N–H and O–H groups in total. The number of esters is 1. The van der Waals surface area contributed by atoms with Gasteiger partial charge in [-0.1, -0.05) is 97.1 Å². The van der Waals surface area contributed by atoms with Crippen molar-refractivity contribution in [3.8, 4) is 5.75 Å². The van der Waals surface area contributed by atoms with E-state index >= 15 is 0 Å². The number of cyclic esters (lactones) is 1. The SMILES string of the molecule is CCCCCCCCCCCCC[C@@H]1CC(=O)N[C@@H]([C@@H](C)O)C(=O)N[C@H](C)C(=O)N[C@@H](Cc2ccc(O)cc2)C(=O)N[C@@H](C(C)C)C(=O)N2C[C@H](O)C[C@H]2C(=O)N[C@@H]([C@@H](C)O)C(=O)N[C@@H]([C@@H](C)O)C(=O)N2CC[C@H](O)[C@H]2C(=O)N[C@@H]([C@H](O)CC(N)=O)C(=O)NCC(=O)N[C@@H]([C@@H](C)O)C(=O)N[C@@H](CCCNC(=O)[C@H](CCCN)N(CCN)CCN)C(=O)O1. The Bertz CT molecular complexity index is 3580. The molecule has 1 aromatic rings. The van der Waals surface area contributed by atoms with E-state index in [2.05, 4.69) is 65.4 Å². The van der Waals surface area contributed by atoms with Crippen molar-refractivity contribution in [3.05, 3.63) is 29.8 Å². The van der Waals surface area contributed by atoms with Gasteiger partial charge < -0.3 is 137 Å². The predicted molar refractivity (Wildman–Crippen MR) is 441 cm³/mol. The summed E-state index contributed by atoms with van der Waals surface area (Å²) in [6.45, 7) is 9.65. The predicted octanol–water partition coefficient (Wildman–Crippen LogP) is -6.99. The molecular formula is C80H136N18O24. The number of carbonyl (C=O) groups is 15. The molecule has 690 valence electrons. The van der Waals surface area contributed by atoms with Crippen molar-refractivity contribution in [1.29, 1.82) is 0 Å². The number of ether oxygens (including phenoxy) is 1. The summed E-state index contributed by atoms with van der Waals surface area (Å²) in [5.74, 6) is -18.0. The highest BCUT2D eigenvalue weighted by Gasteiger charge is 2.49. The van der Waals surface area contributed by atoms with Gasteiger partial charge >= 0.3 is 5.97 Å². The zero-order chi connectivity index (χ0) is 91.2. The van der Waals surface area contributed by atoms with Crippen LogP contribution in [0.25, 0.3) is 0 Å². The zero-order valence-corrected chi connectivity index (χ0v) is 71.4. The lowest BCUT2D eigenvalue weighted by Crippen LogP contribution is -2.64. The molecule has 3 aliphatic heterocycles. The number of rotatable bonds is 35. The number of aliphatic hydroxyl groups excluding tert-OH is 7. The Balaban J connectivity index is 1.87. The van der Waals surface area contributed by atoms with Crippen LogP contribution in [0.5, 0.6) is 5.75 Å². The lowest BCUT2D eigenvalue weighted by Gasteiger charge is -2.34. The number of hydrogen-bond acceptors (Lipinski definition) is 28. The Labute approximate surface area is 711 Å². The molecule has 3 aliphatic rings. The summed E-state index contributed by atoms with van der Waals surface area (Å²) < 4.78 is 6.11. The number of primary amides is 1. The number of carbonyl (C=O) groups excluding carboxylic acids is 15. The monoisotopic (exact) mass is 1730 g/mol. The van der Waals surface area contributed by atoms with Gasteiger partial charge in [-0.15, -0.1) is 0 Å². The third-order valence-electron chi connectivity index (χ3n) is 21.5. The van der Waals surface area contributed by atoms with E-state index in [0.29, 0.717) is 49.2 Å². The van der Waals surface area contributed by atoms with Crippen LogP contribution in [-0.2, 0) is 83.1 Å². The van der Waals surface area contributed by atoms with Crippen LogP contribution in [0.3, 0.4) is 0 Å². The van der Waals surface area contributed by atoms with Gasteiger partial charge in [0, 0.05) is 58.7 Å². The molecule has 20 atom stereocenters. The highest BCUT2D eigenvalue weighted by molar-refractivity contribution is 6.00. The number of aliphatic hydroxyl groups is 7. The van der Waals surface area contributed by atoms with Crippen LogP contribution in [0.1, 0.15) is 189 Å². The average Bonchev–Trinajstić information content (AvgIpc) is 1.63.